The molecule has 0 saturated heterocycles. The van der Waals surface area contributed by atoms with Gasteiger partial charge in [0.25, 0.3) is 0 Å². The number of hydrogen-bond donors (Lipinski definition) is 0. The van der Waals surface area contributed by atoms with Crippen LogP contribution in [-0.4, -0.2) is 34.0 Å². The normalized spacial score (nSPS) is 19.3. The number of fused-ring (bicyclic) bond motifs is 1. The minimum absolute atomic E-state index is 0.151. The van der Waals surface area contributed by atoms with Gasteiger partial charge in [-0.05, 0) is 43.5 Å². The molecule has 1 aromatic heterocycles. The van der Waals surface area contributed by atoms with Crippen LogP contribution in [0.3, 0.4) is 0 Å². The van der Waals surface area contributed by atoms with E-state index in [1.54, 1.807) is 6.92 Å². The molecule has 1 fully saturated rings. The van der Waals surface area contributed by atoms with Crippen LogP contribution in [0.5, 0.6) is 0 Å². The largest absolute Gasteiger partial charge is 0.312 e. The summed E-state index contributed by atoms with van der Waals surface area (Å²) in [4.78, 5) is 0.151. The molecule has 0 amide bonds. The first-order valence-corrected chi connectivity index (χ1v) is 10.1. The number of nitrogens with zero attached hydrogens (tertiary/aromatic N) is 4. The third kappa shape index (κ3) is 2.87. The maximum Gasteiger partial charge on any atom is 0.243 e. The van der Waals surface area contributed by atoms with Gasteiger partial charge in [0.1, 0.15) is 17.5 Å². The van der Waals surface area contributed by atoms with Crippen molar-refractivity contribution in [3.63, 3.8) is 0 Å². The number of rotatable bonds is 3. The van der Waals surface area contributed by atoms with Crippen molar-refractivity contribution in [2.75, 3.05) is 6.54 Å². The van der Waals surface area contributed by atoms with Gasteiger partial charge in [-0.25, -0.2) is 12.8 Å². The molecule has 8 heteroatoms. The molecule has 0 atom stereocenters. The van der Waals surface area contributed by atoms with Crippen LogP contribution in [0.4, 0.5) is 4.39 Å². The van der Waals surface area contributed by atoms with Crippen LogP contribution in [0.2, 0.25) is 0 Å². The quantitative estimate of drug-likeness (QED) is 0.839. The molecule has 1 aliphatic carbocycles. The summed E-state index contributed by atoms with van der Waals surface area (Å²) in [6.07, 6.45) is 4.71. The van der Waals surface area contributed by atoms with Gasteiger partial charge in [0.2, 0.25) is 10.0 Å². The van der Waals surface area contributed by atoms with E-state index in [1.807, 2.05) is 0 Å². The molecule has 0 radical (unpaired) electrons. The van der Waals surface area contributed by atoms with Gasteiger partial charge in [0, 0.05) is 19.0 Å². The lowest BCUT2D eigenvalue weighted by molar-refractivity contribution is 0.329. The maximum atomic E-state index is 13.3. The van der Waals surface area contributed by atoms with Gasteiger partial charge >= 0.3 is 0 Å². The molecule has 1 aromatic carbocycles. The van der Waals surface area contributed by atoms with E-state index < -0.39 is 15.8 Å². The fourth-order valence-corrected chi connectivity index (χ4v) is 5.48. The summed E-state index contributed by atoms with van der Waals surface area (Å²) >= 11 is 0. The number of benzene rings is 1. The summed E-state index contributed by atoms with van der Waals surface area (Å²) < 4.78 is 42.7. The molecular formula is C17H21FN4O2S. The molecule has 0 N–H and O–H groups in total. The fourth-order valence-electron chi connectivity index (χ4n) is 3.89. The summed E-state index contributed by atoms with van der Waals surface area (Å²) in [5.41, 5.74) is 0.415. The number of halogens is 1. The van der Waals surface area contributed by atoms with Crippen molar-refractivity contribution in [2.45, 2.75) is 56.5 Å². The van der Waals surface area contributed by atoms with Crippen molar-refractivity contribution < 1.29 is 12.8 Å². The second-order valence-electron chi connectivity index (χ2n) is 6.86. The van der Waals surface area contributed by atoms with Gasteiger partial charge in [-0.3, -0.25) is 0 Å². The van der Waals surface area contributed by atoms with Gasteiger partial charge in [-0.15, -0.1) is 10.2 Å². The van der Waals surface area contributed by atoms with E-state index in [9.17, 15) is 12.8 Å². The summed E-state index contributed by atoms with van der Waals surface area (Å²) in [5.74, 6) is 1.71. The van der Waals surface area contributed by atoms with Gasteiger partial charge in [0.15, 0.2) is 0 Å². The molecule has 0 bridgehead atoms. The SMILES string of the molecule is Cc1cc(F)ccc1S(=O)(=O)N1CCn2c(nnc2C2CCCC2)C1. The van der Waals surface area contributed by atoms with Crippen molar-refractivity contribution in [3.8, 4) is 0 Å². The highest BCUT2D eigenvalue weighted by atomic mass is 32.2. The van der Waals surface area contributed by atoms with E-state index in [-0.39, 0.29) is 11.4 Å². The zero-order valence-electron chi connectivity index (χ0n) is 14.2. The van der Waals surface area contributed by atoms with Crippen LogP contribution in [-0.2, 0) is 23.1 Å². The Kier molecular flexibility index (Phi) is 4.11. The van der Waals surface area contributed by atoms with Crippen LogP contribution in [0.1, 0.15) is 48.8 Å². The van der Waals surface area contributed by atoms with Crippen LogP contribution in [0.25, 0.3) is 0 Å². The Bertz CT molecular complexity index is 903. The zero-order chi connectivity index (χ0) is 17.6. The third-order valence-electron chi connectivity index (χ3n) is 5.22. The molecule has 1 saturated carbocycles. The van der Waals surface area contributed by atoms with E-state index in [1.165, 1.54) is 35.3 Å². The highest BCUT2D eigenvalue weighted by Gasteiger charge is 2.33. The van der Waals surface area contributed by atoms with E-state index in [0.717, 1.165) is 18.7 Å². The smallest absolute Gasteiger partial charge is 0.243 e. The third-order valence-corrected chi connectivity index (χ3v) is 7.23. The van der Waals surface area contributed by atoms with Gasteiger partial charge in [-0.2, -0.15) is 4.31 Å². The van der Waals surface area contributed by atoms with Crippen LogP contribution >= 0.6 is 0 Å². The highest BCUT2D eigenvalue weighted by Crippen LogP contribution is 2.34. The Hall–Kier alpha value is -1.80. The zero-order valence-corrected chi connectivity index (χ0v) is 15.0. The summed E-state index contributed by atoms with van der Waals surface area (Å²) in [7, 11) is -3.68. The van der Waals surface area contributed by atoms with Crippen LogP contribution < -0.4 is 0 Å². The van der Waals surface area contributed by atoms with Gasteiger partial charge in [-0.1, -0.05) is 12.8 Å². The van der Waals surface area contributed by atoms with Crippen molar-refractivity contribution in [3.05, 3.63) is 41.2 Å². The van der Waals surface area contributed by atoms with Crippen LogP contribution in [0, 0.1) is 12.7 Å². The minimum atomic E-state index is -3.68. The monoisotopic (exact) mass is 364 g/mol. The Morgan fingerprint density at radius 3 is 2.64 bits per heavy atom. The molecule has 2 aliphatic rings. The topological polar surface area (TPSA) is 68.1 Å². The molecule has 134 valence electrons. The molecule has 0 unspecified atom stereocenters. The standard InChI is InChI=1S/C17H21FN4O2S/c1-12-10-14(18)6-7-15(12)25(23,24)21-8-9-22-16(11-21)19-20-17(22)13-4-2-3-5-13/h6-7,10,13H,2-5,8-9,11H2,1H3. The van der Waals surface area contributed by atoms with Gasteiger partial charge < -0.3 is 4.57 Å². The number of aromatic nitrogens is 3. The van der Waals surface area contributed by atoms with Crippen molar-refractivity contribution >= 4 is 10.0 Å². The van der Waals surface area contributed by atoms with E-state index in [2.05, 4.69) is 14.8 Å². The van der Waals surface area contributed by atoms with Crippen molar-refractivity contribution in [1.29, 1.82) is 0 Å². The Balaban J connectivity index is 1.62. The average molecular weight is 364 g/mol. The minimum Gasteiger partial charge on any atom is -0.312 e. The Morgan fingerprint density at radius 1 is 1.16 bits per heavy atom. The Morgan fingerprint density at radius 2 is 1.92 bits per heavy atom. The molecule has 2 heterocycles. The average Bonchev–Trinajstić information content (AvgIpc) is 3.22. The molecule has 0 spiro atoms. The first-order valence-electron chi connectivity index (χ1n) is 8.65. The van der Waals surface area contributed by atoms with Crippen molar-refractivity contribution in [1.82, 2.24) is 19.1 Å². The first kappa shape index (κ1) is 16.7. The lowest BCUT2D eigenvalue weighted by Crippen LogP contribution is -2.39. The van der Waals surface area contributed by atoms with Crippen molar-refractivity contribution in [2.24, 2.45) is 0 Å². The van der Waals surface area contributed by atoms with E-state index >= 15 is 0 Å². The number of aryl methyl sites for hydroxylation is 1. The second-order valence-corrected chi connectivity index (χ2v) is 8.76. The van der Waals surface area contributed by atoms with E-state index in [0.29, 0.717) is 30.4 Å². The Labute approximate surface area is 146 Å². The summed E-state index contributed by atoms with van der Waals surface area (Å²) in [5, 5.41) is 8.58. The number of hydrogen-bond acceptors (Lipinski definition) is 4. The summed E-state index contributed by atoms with van der Waals surface area (Å²) in [6, 6.07) is 3.77. The maximum absolute atomic E-state index is 13.3. The predicted octanol–water partition coefficient (Wildman–Crippen LogP) is 2.59. The van der Waals surface area contributed by atoms with E-state index in [4.69, 9.17) is 0 Å². The molecular weight excluding hydrogens is 343 g/mol. The molecule has 4 rings (SSSR count). The van der Waals surface area contributed by atoms with Crippen LogP contribution in [0.15, 0.2) is 23.1 Å². The fraction of sp³-hybridized carbons (Fsp3) is 0.529. The summed E-state index contributed by atoms with van der Waals surface area (Å²) in [6.45, 7) is 2.76. The number of sulfonamides is 1. The molecule has 2 aromatic rings. The highest BCUT2D eigenvalue weighted by molar-refractivity contribution is 7.89. The first-order chi connectivity index (χ1) is 12.0. The van der Waals surface area contributed by atoms with Gasteiger partial charge in [0.05, 0.1) is 11.4 Å². The molecule has 1 aliphatic heterocycles. The molecule has 25 heavy (non-hydrogen) atoms. The second kappa shape index (κ2) is 6.17. The predicted molar refractivity (Wildman–Crippen MR) is 90.0 cm³/mol. The molecule has 6 nitrogen and oxygen atoms in total. The lowest BCUT2D eigenvalue weighted by Gasteiger charge is -2.28. The lowest BCUT2D eigenvalue weighted by atomic mass is 10.1.